The van der Waals surface area contributed by atoms with Crippen LogP contribution in [0.3, 0.4) is 0 Å². The molecule has 0 spiro atoms. The first-order valence-corrected chi connectivity index (χ1v) is 8.13. The number of esters is 1. The lowest BCUT2D eigenvalue weighted by molar-refractivity contribution is -0.145. The second-order valence-corrected chi connectivity index (χ2v) is 5.87. The average molecular weight is 336 g/mol. The van der Waals surface area contributed by atoms with Crippen LogP contribution in [0, 0.1) is 0 Å². The second kappa shape index (κ2) is 7.66. The molecule has 1 atom stereocenters. The Balaban J connectivity index is 1.73. The minimum absolute atomic E-state index is 0.207. The number of aromatic amines is 1. The second-order valence-electron chi connectivity index (χ2n) is 5.87. The SMILES string of the molecule is COC(=O)[C@@H](Cc1c[nH]c2ccccc12)NC(=O)Cc1ccccc1. The molecule has 0 saturated carbocycles. The predicted molar refractivity (Wildman–Crippen MR) is 96.1 cm³/mol. The van der Waals surface area contributed by atoms with Crippen molar-refractivity contribution in [1.29, 1.82) is 0 Å². The number of aromatic nitrogens is 1. The van der Waals surface area contributed by atoms with Crippen molar-refractivity contribution in [2.45, 2.75) is 18.9 Å². The van der Waals surface area contributed by atoms with Crippen molar-refractivity contribution in [3.63, 3.8) is 0 Å². The number of amides is 1. The topological polar surface area (TPSA) is 71.2 Å². The zero-order valence-corrected chi connectivity index (χ0v) is 14.0. The highest BCUT2D eigenvalue weighted by atomic mass is 16.5. The molecule has 2 aromatic carbocycles. The molecule has 0 bridgehead atoms. The molecule has 3 rings (SSSR count). The number of hydrogen-bond acceptors (Lipinski definition) is 3. The summed E-state index contributed by atoms with van der Waals surface area (Å²) in [6, 6.07) is 16.6. The molecule has 0 aliphatic heterocycles. The molecule has 0 unspecified atom stereocenters. The summed E-state index contributed by atoms with van der Waals surface area (Å²) in [7, 11) is 1.33. The van der Waals surface area contributed by atoms with Crippen molar-refractivity contribution >= 4 is 22.8 Å². The van der Waals surface area contributed by atoms with Crippen molar-refractivity contribution in [2.75, 3.05) is 7.11 Å². The van der Waals surface area contributed by atoms with Gasteiger partial charge in [-0.25, -0.2) is 4.79 Å². The summed E-state index contributed by atoms with van der Waals surface area (Å²) in [6.45, 7) is 0. The maximum absolute atomic E-state index is 12.3. The molecule has 0 radical (unpaired) electrons. The maximum Gasteiger partial charge on any atom is 0.328 e. The van der Waals surface area contributed by atoms with Crippen molar-refractivity contribution < 1.29 is 14.3 Å². The Morgan fingerprint density at radius 1 is 1.08 bits per heavy atom. The van der Waals surface area contributed by atoms with E-state index in [0.717, 1.165) is 22.0 Å². The summed E-state index contributed by atoms with van der Waals surface area (Å²) in [5, 5.41) is 3.83. The van der Waals surface area contributed by atoms with Gasteiger partial charge >= 0.3 is 5.97 Å². The van der Waals surface area contributed by atoms with Gasteiger partial charge in [0.15, 0.2) is 0 Å². The zero-order valence-electron chi connectivity index (χ0n) is 14.0. The third-order valence-corrected chi connectivity index (χ3v) is 4.13. The number of carbonyl (C=O) groups is 2. The Morgan fingerprint density at radius 2 is 1.80 bits per heavy atom. The number of ether oxygens (including phenoxy) is 1. The summed E-state index contributed by atoms with van der Waals surface area (Å²) in [6.07, 6.45) is 2.46. The summed E-state index contributed by atoms with van der Waals surface area (Å²) in [5.74, 6) is -0.659. The van der Waals surface area contributed by atoms with E-state index in [2.05, 4.69) is 10.3 Å². The number of para-hydroxylation sites is 1. The average Bonchev–Trinajstić information content (AvgIpc) is 3.04. The van der Waals surface area contributed by atoms with E-state index in [1.807, 2.05) is 60.8 Å². The van der Waals surface area contributed by atoms with E-state index >= 15 is 0 Å². The first-order valence-electron chi connectivity index (χ1n) is 8.13. The van der Waals surface area contributed by atoms with Crippen molar-refractivity contribution in [3.8, 4) is 0 Å². The van der Waals surface area contributed by atoms with Gasteiger partial charge in [0, 0.05) is 23.5 Å². The van der Waals surface area contributed by atoms with Gasteiger partial charge in [0.05, 0.1) is 13.5 Å². The highest BCUT2D eigenvalue weighted by molar-refractivity contribution is 5.87. The molecule has 5 nitrogen and oxygen atoms in total. The highest BCUT2D eigenvalue weighted by Crippen LogP contribution is 2.19. The minimum atomic E-state index is -0.722. The van der Waals surface area contributed by atoms with Gasteiger partial charge in [-0.15, -0.1) is 0 Å². The van der Waals surface area contributed by atoms with Crippen LogP contribution in [0.25, 0.3) is 10.9 Å². The normalized spacial score (nSPS) is 11.9. The fraction of sp³-hybridized carbons (Fsp3) is 0.200. The lowest BCUT2D eigenvalue weighted by Gasteiger charge is -2.16. The number of benzene rings is 2. The Morgan fingerprint density at radius 3 is 2.56 bits per heavy atom. The van der Waals surface area contributed by atoms with Crippen molar-refractivity contribution in [3.05, 3.63) is 71.9 Å². The Bertz CT molecular complexity index is 871. The molecule has 0 saturated heterocycles. The van der Waals surface area contributed by atoms with Gasteiger partial charge < -0.3 is 15.0 Å². The van der Waals surface area contributed by atoms with Gasteiger partial charge in [0.1, 0.15) is 6.04 Å². The fourth-order valence-corrected chi connectivity index (χ4v) is 2.88. The molecule has 1 aromatic heterocycles. The monoisotopic (exact) mass is 336 g/mol. The van der Waals surface area contributed by atoms with E-state index in [9.17, 15) is 9.59 Å². The van der Waals surface area contributed by atoms with Gasteiger partial charge in [0.2, 0.25) is 5.91 Å². The number of nitrogens with one attached hydrogen (secondary N) is 2. The number of rotatable bonds is 6. The van der Waals surface area contributed by atoms with Gasteiger partial charge in [-0.2, -0.15) is 0 Å². The lowest BCUT2D eigenvalue weighted by atomic mass is 10.0. The van der Waals surface area contributed by atoms with Gasteiger partial charge in [-0.1, -0.05) is 48.5 Å². The third-order valence-electron chi connectivity index (χ3n) is 4.13. The Kier molecular flexibility index (Phi) is 5.14. The summed E-state index contributed by atoms with van der Waals surface area (Å²) in [5.41, 5.74) is 2.86. The summed E-state index contributed by atoms with van der Waals surface area (Å²) >= 11 is 0. The van der Waals surface area contributed by atoms with E-state index in [1.165, 1.54) is 7.11 Å². The first kappa shape index (κ1) is 16.8. The minimum Gasteiger partial charge on any atom is -0.467 e. The van der Waals surface area contributed by atoms with Crippen LogP contribution >= 0.6 is 0 Å². The smallest absolute Gasteiger partial charge is 0.328 e. The molecule has 25 heavy (non-hydrogen) atoms. The molecule has 0 aliphatic rings. The maximum atomic E-state index is 12.3. The van der Waals surface area contributed by atoms with E-state index < -0.39 is 12.0 Å². The lowest BCUT2D eigenvalue weighted by Crippen LogP contribution is -2.43. The van der Waals surface area contributed by atoms with Crippen molar-refractivity contribution in [1.82, 2.24) is 10.3 Å². The molecule has 5 heteroatoms. The van der Waals surface area contributed by atoms with Gasteiger partial charge in [-0.3, -0.25) is 4.79 Å². The van der Waals surface area contributed by atoms with Crippen LogP contribution in [0.5, 0.6) is 0 Å². The molecular weight excluding hydrogens is 316 g/mol. The van der Waals surface area contributed by atoms with E-state index in [0.29, 0.717) is 6.42 Å². The Labute approximate surface area is 146 Å². The van der Waals surface area contributed by atoms with Crippen LogP contribution in [0.2, 0.25) is 0 Å². The van der Waals surface area contributed by atoms with Gasteiger partial charge in [0.25, 0.3) is 0 Å². The molecule has 3 aromatic rings. The number of H-pyrrole nitrogens is 1. The number of carbonyl (C=O) groups excluding carboxylic acids is 2. The van der Waals surface area contributed by atoms with Crippen LogP contribution in [-0.2, 0) is 27.2 Å². The number of fused-ring (bicyclic) bond motifs is 1. The van der Waals surface area contributed by atoms with Crippen LogP contribution < -0.4 is 5.32 Å². The molecular formula is C20H20N2O3. The standard InChI is InChI=1S/C20H20N2O3/c1-25-20(24)18(22-19(23)11-14-7-3-2-4-8-14)12-15-13-21-17-10-6-5-9-16(15)17/h2-10,13,18,21H,11-12H2,1H3,(H,22,23)/t18-/m1/s1. The third kappa shape index (κ3) is 4.07. The molecule has 0 fully saturated rings. The van der Waals surface area contributed by atoms with Crippen LogP contribution in [0.1, 0.15) is 11.1 Å². The molecule has 128 valence electrons. The highest BCUT2D eigenvalue weighted by Gasteiger charge is 2.23. The summed E-state index contributed by atoms with van der Waals surface area (Å²) in [4.78, 5) is 27.6. The van der Waals surface area contributed by atoms with E-state index in [-0.39, 0.29) is 12.3 Å². The van der Waals surface area contributed by atoms with Crippen LogP contribution in [0.15, 0.2) is 60.8 Å². The molecule has 1 amide bonds. The fourth-order valence-electron chi connectivity index (χ4n) is 2.88. The number of hydrogen-bond donors (Lipinski definition) is 2. The molecule has 2 N–H and O–H groups in total. The largest absolute Gasteiger partial charge is 0.467 e. The quantitative estimate of drug-likeness (QED) is 0.680. The number of methoxy groups -OCH3 is 1. The predicted octanol–water partition coefficient (Wildman–Crippen LogP) is 2.61. The van der Waals surface area contributed by atoms with E-state index in [4.69, 9.17) is 4.74 Å². The molecule has 0 aliphatic carbocycles. The van der Waals surface area contributed by atoms with E-state index in [1.54, 1.807) is 0 Å². The van der Waals surface area contributed by atoms with Crippen molar-refractivity contribution in [2.24, 2.45) is 0 Å². The Hall–Kier alpha value is -3.08. The molecule has 1 heterocycles. The van der Waals surface area contributed by atoms with Crippen LogP contribution in [0.4, 0.5) is 0 Å². The summed E-state index contributed by atoms with van der Waals surface area (Å²) < 4.78 is 4.86. The van der Waals surface area contributed by atoms with Crippen LogP contribution in [-0.4, -0.2) is 30.0 Å². The van der Waals surface area contributed by atoms with Gasteiger partial charge in [-0.05, 0) is 17.2 Å². The first-order chi connectivity index (χ1) is 12.2. The zero-order chi connectivity index (χ0) is 17.6.